The van der Waals surface area contributed by atoms with Gasteiger partial charge < -0.3 is 10.1 Å². The van der Waals surface area contributed by atoms with E-state index in [2.05, 4.69) is 5.32 Å². The normalized spacial score (nSPS) is 11.9. The minimum absolute atomic E-state index is 0.0517. The van der Waals surface area contributed by atoms with Crippen LogP contribution in [0.3, 0.4) is 0 Å². The topological polar surface area (TPSA) is 38.3 Å². The van der Waals surface area contributed by atoms with E-state index in [4.69, 9.17) is 16.3 Å². The molecule has 0 bridgehead atoms. The summed E-state index contributed by atoms with van der Waals surface area (Å²) in [5, 5.41) is 3.67. The number of carbonyl (C=O) groups excluding carboxylic acids is 1. The second kappa shape index (κ2) is 8.74. The molecule has 0 saturated carbocycles. The van der Waals surface area contributed by atoms with E-state index in [0.717, 1.165) is 11.3 Å². The molecule has 0 aliphatic rings. The van der Waals surface area contributed by atoms with E-state index in [1.165, 1.54) is 0 Å². The number of hydrogen-bond acceptors (Lipinski definition) is 2. The SMILES string of the molecule is CC(C)C(C(=O)Nc1cccc(Oc2ccccc2)c1)c1ccc(Cl)cc1. The number of ether oxygens (including phenoxy) is 1. The summed E-state index contributed by atoms with van der Waals surface area (Å²) in [6, 6.07) is 24.4. The minimum atomic E-state index is -0.263. The minimum Gasteiger partial charge on any atom is -0.457 e. The van der Waals surface area contributed by atoms with Gasteiger partial charge in [0.15, 0.2) is 0 Å². The summed E-state index contributed by atoms with van der Waals surface area (Å²) >= 11 is 5.97. The maximum absolute atomic E-state index is 12.9. The number of rotatable bonds is 6. The van der Waals surface area contributed by atoms with Crippen molar-refractivity contribution in [3.05, 3.63) is 89.4 Å². The molecule has 0 fully saturated rings. The fourth-order valence-electron chi connectivity index (χ4n) is 2.99. The molecular formula is C23H22ClNO2. The first-order valence-electron chi connectivity index (χ1n) is 8.92. The highest BCUT2D eigenvalue weighted by molar-refractivity contribution is 6.30. The van der Waals surface area contributed by atoms with Gasteiger partial charge in [-0.15, -0.1) is 0 Å². The molecule has 3 nitrogen and oxygen atoms in total. The van der Waals surface area contributed by atoms with Gasteiger partial charge >= 0.3 is 0 Å². The zero-order valence-corrected chi connectivity index (χ0v) is 16.1. The first-order valence-corrected chi connectivity index (χ1v) is 9.30. The van der Waals surface area contributed by atoms with Gasteiger partial charge in [-0.1, -0.05) is 61.8 Å². The lowest BCUT2D eigenvalue weighted by atomic mass is 9.87. The third kappa shape index (κ3) is 5.11. The second-order valence-electron chi connectivity index (χ2n) is 6.71. The molecule has 0 radical (unpaired) electrons. The summed E-state index contributed by atoms with van der Waals surface area (Å²) < 4.78 is 5.84. The van der Waals surface area contributed by atoms with Crippen LogP contribution in [0.2, 0.25) is 5.02 Å². The Morgan fingerprint density at radius 1 is 0.889 bits per heavy atom. The molecule has 3 aromatic rings. The largest absolute Gasteiger partial charge is 0.457 e. The van der Waals surface area contributed by atoms with Crippen molar-refractivity contribution in [1.29, 1.82) is 0 Å². The van der Waals surface area contributed by atoms with Gasteiger partial charge in [-0.05, 0) is 47.9 Å². The summed E-state index contributed by atoms with van der Waals surface area (Å²) in [6.45, 7) is 4.07. The molecule has 4 heteroatoms. The molecule has 0 aliphatic heterocycles. The number of benzene rings is 3. The van der Waals surface area contributed by atoms with Crippen LogP contribution >= 0.6 is 11.6 Å². The quantitative estimate of drug-likeness (QED) is 0.530. The van der Waals surface area contributed by atoms with Crippen molar-refractivity contribution in [3.8, 4) is 11.5 Å². The van der Waals surface area contributed by atoms with E-state index in [9.17, 15) is 4.79 Å². The average Bonchev–Trinajstić information content (AvgIpc) is 2.64. The predicted octanol–water partition coefficient (Wildman–Crippen LogP) is 6.51. The Hall–Kier alpha value is -2.78. The van der Waals surface area contributed by atoms with Crippen molar-refractivity contribution < 1.29 is 9.53 Å². The average molecular weight is 380 g/mol. The lowest BCUT2D eigenvalue weighted by molar-refractivity contribution is -0.118. The van der Waals surface area contributed by atoms with Gasteiger partial charge in [0.05, 0.1) is 5.92 Å². The fraction of sp³-hybridized carbons (Fsp3) is 0.174. The standard InChI is InChI=1S/C23H22ClNO2/c1-16(2)22(17-11-13-18(24)14-12-17)23(26)25-19-7-6-10-21(15-19)27-20-8-4-3-5-9-20/h3-16,22H,1-2H3,(H,25,26). The van der Waals surface area contributed by atoms with Gasteiger partial charge in [-0.2, -0.15) is 0 Å². The summed E-state index contributed by atoms with van der Waals surface area (Å²) in [5.74, 6) is 1.26. The van der Waals surface area contributed by atoms with Gasteiger partial charge in [0.2, 0.25) is 5.91 Å². The summed E-state index contributed by atoms with van der Waals surface area (Å²) in [7, 11) is 0. The first-order chi connectivity index (χ1) is 13.0. The van der Waals surface area contributed by atoms with Crippen LogP contribution in [0.4, 0.5) is 5.69 Å². The molecular weight excluding hydrogens is 358 g/mol. The number of hydrogen-bond donors (Lipinski definition) is 1. The molecule has 0 aromatic heterocycles. The van der Waals surface area contributed by atoms with Crippen LogP contribution in [-0.2, 0) is 4.79 Å². The van der Waals surface area contributed by atoms with Crippen LogP contribution in [0, 0.1) is 5.92 Å². The lowest BCUT2D eigenvalue weighted by Gasteiger charge is -2.21. The highest BCUT2D eigenvalue weighted by Crippen LogP contribution is 2.29. The zero-order valence-electron chi connectivity index (χ0n) is 15.4. The molecule has 1 atom stereocenters. The summed E-state index contributed by atoms with van der Waals surface area (Å²) in [4.78, 5) is 12.9. The van der Waals surface area contributed by atoms with E-state index >= 15 is 0 Å². The Kier molecular flexibility index (Phi) is 6.15. The molecule has 1 unspecified atom stereocenters. The maximum atomic E-state index is 12.9. The highest BCUT2D eigenvalue weighted by Gasteiger charge is 2.24. The first kappa shape index (κ1) is 19.0. The molecule has 3 rings (SSSR count). The Labute approximate surface area is 164 Å². The molecule has 0 saturated heterocycles. The van der Waals surface area contributed by atoms with E-state index in [1.807, 2.05) is 92.7 Å². The third-order valence-corrected chi connectivity index (χ3v) is 4.51. The molecule has 1 N–H and O–H groups in total. The van der Waals surface area contributed by atoms with Gasteiger partial charge in [-0.3, -0.25) is 4.79 Å². The van der Waals surface area contributed by atoms with Crippen molar-refractivity contribution in [1.82, 2.24) is 0 Å². The Morgan fingerprint density at radius 3 is 2.22 bits per heavy atom. The summed E-state index contributed by atoms with van der Waals surface area (Å²) in [6.07, 6.45) is 0. The van der Waals surface area contributed by atoms with Gasteiger partial charge in [0.1, 0.15) is 11.5 Å². The summed E-state index contributed by atoms with van der Waals surface area (Å²) in [5.41, 5.74) is 1.65. The lowest BCUT2D eigenvalue weighted by Crippen LogP contribution is -2.25. The number of halogens is 1. The Bertz CT molecular complexity index is 892. The van der Waals surface area contributed by atoms with E-state index in [-0.39, 0.29) is 17.7 Å². The Balaban J connectivity index is 1.76. The monoisotopic (exact) mass is 379 g/mol. The molecule has 27 heavy (non-hydrogen) atoms. The van der Waals surface area contributed by atoms with Crippen LogP contribution in [-0.4, -0.2) is 5.91 Å². The molecule has 3 aromatic carbocycles. The molecule has 138 valence electrons. The van der Waals surface area contributed by atoms with Crippen LogP contribution in [0.5, 0.6) is 11.5 Å². The number of para-hydroxylation sites is 1. The number of carbonyl (C=O) groups is 1. The Morgan fingerprint density at radius 2 is 1.56 bits per heavy atom. The van der Waals surface area contributed by atoms with Crippen LogP contribution in [0.15, 0.2) is 78.9 Å². The van der Waals surface area contributed by atoms with Gasteiger partial charge in [-0.25, -0.2) is 0 Å². The number of nitrogens with one attached hydrogen (secondary N) is 1. The second-order valence-corrected chi connectivity index (χ2v) is 7.14. The van der Waals surface area contributed by atoms with Crippen molar-refractivity contribution in [3.63, 3.8) is 0 Å². The number of anilines is 1. The molecule has 0 heterocycles. The van der Waals surface area contributed by atoms with Crippen molar-refractivity contribution in [2.24, 2.45) is 5.92 Å². The molecule has 0 spiro atoms. The molecule has 0 aliphatic carbocycles. The fourth-order valence-corrected chi connectivity index (χ4v) is 3.12. The zero-order chi connectivity index (χ0) is 19.2. The van der Waals surface area contributed by atoms with Crippen LogP contribution in [0.25, 0.3) is 0 Å². The third-order valence-electron chi connectivity index (χ3n) is 4.26. The van der Waals surface area contributed by atoms with Gasteiger partial charge in [0.25, 0.3) is 0 Å². The van der Waals surface area contributed by atoms with E-state index in [0.29, 0.717) is 16.5 Å². The smallest absolute Gasteiger partial charge is 0.232 e. The van der Waals surface area contributed by atoms with Crippen molar-refractivity contribution in [2.75, 3.05) is 5.32 Å². The van der Waals surface area contributed by atoms with Crippen LogP contribution < -0.4 is 10.1 Å². The van der Waals surface area contributed by atoms with Crippen LogP contribution in [0.1, 0.15) is 25.3 Å². The van der Waals surface area contributed by atoms with Gasteiger partial charge in [0, 0.05) is 16.8 Å². The predicted molar refractivity (Wildman–Crippen MR) is 111 cm³/mol. The van der Waals surface area contributed by atoms with E-state index < -0.39 is 0 Å². The van der Waals surface area contributed by atoms with Crippen molar-refractivity contribution >= 4 is 23.2 Å². The molecule has 1 amide bonds. The number of amides is 1. The van der Waals surface area contributed by atoms with E-state index in [1.54, 1.807) is 0 Å². The van der Waals surface area contributed by atoms with Crippen molar-refractivity contribution in [2.45, 2.75) is 19.8 Å². The highest BCUT2D eigenvalue weighted by atomic mass is 35.5. The maximum Gasteiger partial charge on any atom is 0.232 e.